The molecular weight excluding hydrogens is 296 g/mol. The maximum Gasteiger partial charge on any atom is 0.169 e. The first-order valence-electron chi connectivity index (χ1n) is 7.30. The molecule has 0 unspecified atom stereocenters. The fraction of sp³-hybridized carbons (Fsp3) is 0.375. The van der Waals surface area contributed by atoms with Crippen LogP contribution in [0.15, 0.2) is 42.7 Å². The van der Waals surface area contributed by atoms with Gasteiger partial charge in [0.25, 0.3) is 0 Å². The number of methoxy groups -OCH3 is 1. The summed E-state index contributed by atoms with van der Waals surface area (Å²) in [6.45, 7) is 1.51. The van der Waals surface area contributed by atoms with Crippen LogP contribution in [0.3, 0.4) is 0 Å². The number of likely N-dealkylation sites (N-methyl/N-ethyl adjacent to an activating group) is 1. The average Bonchev–Trinajstić information content (AvgIpc) is 3.11. The van der Waals surface area contributed by atoms with Crippen molar-refractivity contribution in [1.29, 1.82) is 0 Å². The number of thiocarbonyl (C=S) groups is 1. The highest BCUT2D eigenvalue weighted by atomic mass is 32.1. The zero-order valence-corrected chi connectivity index (χ0v) is 13.6. The Labute approximate surface area is 135 Å². The van der Waals surface area contributed by atoms with Crippen molar-refractivity contribution in [2.24, 2.45) is 0 Å². The number of hydrogen-bond donors (Lipinski definition) is 1. The number of pyridine rings is 1. The van der Waals surface area contributed by atoms with Gasteiger partial charge in [-0.15, -0.1) is 0 Å². The van der Waals surface area contributed by atoms with Gasteiger partial charge >= 0.3 is 0 Å². The van der Waals surface area contributed by atoms with Gasteiger partial charge < -0.3 is 19.5 Å². The van der Waals surface area contributed by atoms with Gasteiger partial charge in [0.05, 0.1) is 24.4 Å². The summed E-state index contributed by atoms with van der Waals surface area (Å²) in [5.41, 5.74) is 2.21. The first kappa shape index (κ1) is 15.0. The third-order valence-corrected chi connectivity index (χ3v) is 4.45. The minimum atomic E-state index is 0.0508. The lowest BCUT2D eigenvalue weighted by Gasteiger charge is -2.25. The third-order valence-electron chi connectivity index (χ3n) is 4.04. The van der Waals surface area contributed by atoms with Gasteiger partial charge in [-0.25, -0.2) is 0 Å². The molecule has 2 aromatic rings. The smallest absolute Gasteiger partial charge is 0.169 e. The van der Waals surface area contributed by atoms with Crippen molar-refractivity contribution >= 4 is 17.3 Å². The van der Waals surface area contributed by atoms with Gasteiger partial charge in [0.1, 0.15) is 0 Å². The summed E-state index contributed by atoms with van der Waals surface area (Å²) in [6, 6.07) is 10.3. The summed E-state index contributed by atoms with van der Waals surface area (Å²) in [6.07, 6.45) is 3.90. The molecule has 6 heteroatoms. The summed E-state index contributed by atoms with van der Waals surface area (Å²) in [5.74, 6) is 0. The van der Waals surface area contributed by atoms with Crippen molar-refractivity contribution in [2.45, 2.75) is 18.6 Å². The van der Waals surface area contributed by atoms with E-state index < -0.39 is 0 Å². The molecule has 0 amide bonds. The van der Waals surface area contributed by atoms with Gasteiger partial charge in [-0.1, -0.05) is 6.07 Å². The highest BCUT2D eigenvalue weighted by Gasteiger charge is 2.38. The normalized spacial score (nSPS) is 21.2. The molecule has 0 spiro atoms. The van der Waals surface area contributed by atoms with Crippen LogP contribution in [0.2, 0.25) is 0 Å². The number of nitrogens with zero attached hydrogens (tertiary/aromatic N) is 3. The van der Waals surface area contributed by atoms with Crippen LogP contribution < -0.4 is 5.32 Å². The SMILES string of the molecule is COCCn1cccc1[C@@H]1[C@H](c2ccccn2)NC(=S)N1C. The summed E-state index contributed by atoms with van der Waals surface area (Å²) < 4.78 is 7.42. The molecule has 22 heavy (non-hydrogen) atoms. The van der Waals surface area contributed by atoms with E-state index in [0.717, 1.165) is 17.4 Å². The van der Waals surface area contributed by atoms with Crippen molar-refractivity contribution < 1.29 is 4.74 Å². The van der Waals surface area contributed by atoms with Crippen LogP contribution in [0.5, 0.6) is 0 Å². The molecule has 1 aliphatic rings. The van der Waals surface area contributed by atoms with Crippen molar-refractivity contribution in [3.05, 3.63) is 54.1 Å². The Balaban J connectivity index is 1.95. The van der Waals surface area contributed by atoms with E-state index in [1.54, 1.807) is 7.11 Å². The molecule has 1 fully saturated rings. The lowest BCUT2D eigenvalue weighted by Crippen LogP contribution is -2.26. The second-order valence-electron chi connectivity index (χ2n) is 5.36. The van der Waals surface area contributed by atoms with E-state index in [9.17, 15) is 0 Å². The summed E-state index contributed by atoms with van der Waals surface area (Å²) in [7, 11) is 3.74. The van der Waals surface area contributed by atoms with Crippen LogP contribution in [-0.2, 0) is 11.3 Å². The third kappa shape index (κ3) is 2.71. The molecule has 2 aromatic heterocycles. The van der Waals surface area contributed by atoms with Crippen LogP contribution >= 0.6 is 12.2 Å². The lowest BCUT2D eigenvalue weighted by molar-refractivity contribution is 0.184. The molecule has 0 radical (unpaired) electrons. The zero-order chi connectivity index (χ0) is 15.5. The maximum atomic E-state index is 5.45. The Morgan fingerprint density at radius 1 is 1.32 bits per heavy atom. The molecule has 0 saturated carbocycles. The number of ether oxygens (including phenoxy) is 1. The van der Waals surface area contributed by atoms with E-state index in [1.165, 1.54) is 5.69 Å². The largest absolute Gasteiger partial charge is 0.383 e. The predicted octanol–water partition coefficient (Wildman–Crippen LogP) is 2.13. The Morgan fingerprint density at radius 2 is 2.18 bits per heavy atom. The maximum absolute atomic E-state index is 5.45. The Hall–Kier alpha value is -1.92. The number of rotatable bonds is 5. The monoisotopic (exact) mass is 316 g/mol. The van der Waals surface area contributed by atoms with Crippen LogP contribution in [0, 0.1) is 0 Å². The van der Waals surface area contributed by atoms with Gasteiger partial charge in [-0.2, -0.15) is 0 Å². The molecular formula is C16H20N4OS. The van der Waals surface area contributed by atoms with E-state index in [0.29, 0.717) is 6.61 Å². The number of nitrogens with one attached hydrogen (secondary N) is 1. The molecule has 0 aliphatic carbocycles. The van der Waals surface area contributed by atoms with Crippen molar-refractivity contribution in [3.63, 3.8) is 0 Å². The van der Waals surface area contributed by atoms with E-state index in [-0.39, 0.29) is 12.1 Å². The minimum Gasteiger partial charge on any atom is -0.383 e. The molecule has 2 atom stereocenters. The Kier molecular flexibility index (Phi) is 4.40. The fourth-order valence-corrected chi connectivity index (χ4v) is 3.16. The van der Waals surface area contributed by atoms with Crippen LogP contribution in [0.1, 0.15) is 23.5 Å². The van der Waals surface area contributed by atoms with Gasteiger partial charge in [0, 0.05) is 38.8 Å². The van der Waals surface area contributed by atoms with E-state index >= 15 is 0 Å². The average molecular weight is 316 g/mol. The number of aromatic nitrogens is 2. The van der Waals surface area contributed by atoms with E-state index in [2.05, 4.69) is 38.1 Å². The Bertz CT molecular complexity index is 643. The fourth-order valence-electron chi connectivity index (χ4n) is 2.92. The highest BCUT2D eigenvalue weighted by Crippen LogP contribution is 2.37. The molecule has 1 aliphatic heterocycles. The second kappa shape index (κ2) is 6.46. The van der Waals surface area contributed by atoms with E-state index in [4.69, 9.17) is 17.0 Å². The zero-order valence-electron chi connectivity index (χ0n) is 12.8. The van der Waals surface area contributed by atoms with Gasteiger partial charge in [0.15, 0.2) is 5.11 Å². The first-order valence-corrected chi connectivity index (χ1v) is 7.71. The highest BCUT2D eigenvalue weighted by molar-refractivity contribution is 7.80. The molecule has 5 nitrogen and oxygen atoms in total. The lowest BCUT2D eigenvalue weighted by atomic mass is 10.0. The van der Waals surface area contributed by atoms with E-state index in [1.807, 2.05) is 31.4 Å². The Morgan fingerprint density at radius 3 is 2.91 bits per heavy atom. The molecule has 3 rings (SSSR count). The number of hydrogen-bond acceptors (Lipinski definition) is 3. The molecule has 1 saturated heterocycles. The molecule has 0 aromatic carbocycles. The van der Waals surface area contributed by atoms with Crippen molar-refractivity contribution in [1.82, 2.24) is 19.8 Å². The molecule has 1 N–H and O–H groups in total. The first-order chi connectivity index (χ1) is 10.7. The van der Waals surface area contributed by atoms with Crippen LogP contribution in [0.4, 0.5) is 0 Å². The van der Waals surface area contributed by atoms with Crippen molar-refractivity contribution in [3.8, 4) is 0 Å². The molecule has 0 bridgehead atoms. The van der Waals surface area contributed by atoms with Gasteiger partial charge in [0.2, 0.25) is 0 Å². The van der Waals surface area contributed by atoms with Gasteiger partial charge in [-0.3, -0.25) is 4.98 Å². The topological polar surface area (TPSA) is 42.3 Å². The quantitative estimate of drug-likeness (QED) is 0.856. The summed E-state index contributed by atoms with van der Waals surface area (Å²) >= 11 is 5.45. The van der Waals surface area contributed by atoms with Crippen molar-refractivity contribution in [2.75, 3.05) is 20.8 Å². The minimum absolute atomic E-state index is 0.0508. The molecule has 3 heterocycles. The van der Waals surface area contributed by atoms with Crippen LogP contribution in [0.25, 0.3) is 0 Å². The predicted molar refractivity (Wildman–Crippen MR) is 89.5 cm³/mol. The van der Waals surface area contributed by atoms with Gasteiger partial charge in [-0.05, 0) is 36.5 Å². The summed E-state index contributed by atoms with van der Waals surface area (Å²) in [5, 5.41) is 4.14. The summed E-state index contributed by atoms with van der Waals surface area (Å²) in [4.78, 5) is 6.60. The molecule has 116 valence electrons. The second-order valence-corrected chi connectivity index (χ2v) is 5.74. The standard InChI is InChI=1S/C16H20N4OS/c1-19-15(13-7-5-9-20(13)10-11-21-2)14(18-16(19)22)12-6-3-4-8-17-12/h3-9,14-15H,10-11H2,1-2H3,(H,18,22)/t14-,15+/m0/s1. The van der Waals surface area contributed by atoms with Crippen LogP contribution in [-0.4, -0.2) is 40.3 Å².